The third-order valence-corrected chi connectivity index (χ3v) is 4.69. The van der Waals surface area contributed by atoms with Gasteiger partial charge in [-0.05, 0) is 25.0 Å². The minimum absolute atomic E-state index is 0.205. The predicted octanol–water partition coefficient (Wildman–Crippen LogP) is 3.72. The molecule has 0 fully saturated rings. The molecule has 1 N–H and O–H groups in total. The number of aliphatic hydroxyl groups is 1. The zero-order valence-electron chi connectivity index (χ0n) is 14.2. The van der Waals surface area contributed by atoms with E-state index in [4.69, 9.17) is 0 Å². The number of para-hydroxylation sites is 1. The number of ketones is 1. The van der Waals surface area contributed by atoms with Crippen LogP contribution in [0, 0.1) is 0 Å². The van der Waals surface area contributed by atoms with Crippen molar-refractivity contribution >= 4 is 17.4 Å². The second-order valence-corrected chi connectivity index (χ2v) is 6.44. The average molecular weight is 317 g/mol. The Balaban J connectivity index is 1.98. The quantitative estimate of drug-likeness (QED) is 0.587. The molecule has 0 bridgehead atoms. The summed E-state index contributed by atoms with van der Waals surface area (Å²) in [7, 11) is 1.61. The Kier molecular flexibility index (Phi) is 5.94. The highest BCUT2D eigenvalue weighted by Crippen LogP contribution is 2.34. The summed E-state index contributed by atoms with van der Waals surface area (Å²) < 4.78 is 0. The van der Waals surface area contributed by atoms with Gasteiger partial charge in [-0.3, -0.25) is 9.59 Å². The molecule has 0 spiro atoms. The summed E-state index contributed by atoms with van der Waals surface area (Å²) in [4.78, 5) is 26.5. The number of hydrogen-bond acceptors (Lipinski definition) is 3. The number of carbonyl (C=O) groups is 2. The van der Waals surface area contributed by atoms with Gasteiger partial charge in [0.25, 0.3) is 5.91 Å². The normalized spacial score (nSPS) is 20.7. The molecule has 0 saturated carbocycles. The van der Waals surface area contributed by atoms with Crippen LogP contribution in [-0.4, -0.2) is 29.4 Å². The molecule has 0 radical (unpaired) electrons. The summed E-state index contributed by atoms with van der Waals surface area (Å²) in [5.74, 6) is -0.964. The van der Waals surface area contributed by atoms with Gasteiger partial charge in [0.05, 0.1) is 5.69 Å². The maximum absolute atomic E-state index is 12.6. The number of hydrogen-bond donors (Lipinski definition) is 1. The van der Waals surface area contributed by atoms with Crippen LogP contribution in [0.3, 0.4) is 0 Å². The Hall–Kier alpha value is -1.68. The number of anilines is 1. The van der Waals surface area contributed by atoms with E-state index in [0.29, 0.717) is 17.7 Å². The smallest absolute Gasteiger partial charge is 0.266 e. The van der Waals surface area contributed by atoms with Crippen LogP contribution in [0.2, 0.25) is 0 Å². The Morgan fingerprint density at radius 2 is 1.61 bits per heavy atom. The van der Waals surface area contributed by atoms with Gasteiger partial charge in [0, 0.05) is 12.6 Å². The SMILES string of the molecule is CCCCCCCCCC1(O)C(=O)c2ccccc2N(C)C1=O. The van der Waals surface area contributed by atoms with Gasteiger partial charge in [-0.2, -0.15) is 0 Å². The Labute approximate surface area is 138 Å². The van der Waals surface area contributed by atoms with Gasteiger partial charge in [-0.25, -0.2) is 0 Å². The number of unbranched alkanes of at least 4 members (excludes halogenated alkanes) is 6. The van der Waals surface area contributed by atoms with Crippen molar-refractivity contribution in [3.8, 4) is 0 Å². The first-order chi connectivity index (χ1) is 11.0. The standard InChI is InChI=1S/C19H27NO3/c1-3-4-5-6-7-8-11-14-19(23)17(21)15-12-9-10-13-16(15)20(2)18(19)22/h9-10,12-13,23H,3-8,11,14H2,1-2H3. The molecule has 0 aromatic heterocycles. The molecule has 4 heteroatoms. The molecule has 1 unspecified atom stereocenters. The number of carbonyl (C=O) groups excluding carboxylic acids is 2. The summed E-state index contributed by atoms with van der Waals surface area (Å²) in [6.07, 6.45) is 7.80. The van der Waals surface area contributed by atoms with Gasteiger partial charge in [-0.15, -0.1) is 0 Å². The summed E-state index contributed by atoms with van der Waals surface area (Å²) in [5, 5.41) is 10.7. The second kappa shape index (κ2) is 7.73. The minimum atomic E-state index is -1.90. The van der Waals surface area contributed by atoms with Gasteiger partial charge in [0.15, 0.2) is 0 Å². The molecule has 1 atom stereocenters. The monoisotopic (exact) mass is 317 g/mol. The largest absolute Gasteiger partial charge is 0.373 e. The predicted molar refractivity (Wildman–Crippen MR) is 91.7 cm³/mol. The number of fused-ring (bicyclic) bond motifs is 1. The van der Waals surface area contributed by atoms with Crippen molar-refractivity contribution in [2.45, 2.75) is 63.9 Å². The van der Waals surface area contributed by atoms with Crippen LogP contribution in [0.4, 0.5) is 5.69 Å². The zero-order valence-corrected chi connectivity index (χ0v) is 14.2. The molecule has 1 amide bonds. The van der Waals surface area contributed by atoms with E-state index >= 15 is 0 Å². The maximum atomic E-state index is 12.6. The van der Waals surface area contributed by atoms with Gasteiger partial charge in [0.1, 0.15) is 0 Å². The summed E-state index contributed by atoms with van der Waals surface area (Å²) in [6, 6.07) is 6.96. The Morgan fingerprint density at radius 1 is 1.00 bits per heavy atom. The van der Waals surface area contributed by atoms with Crippen molar-refractivity contribution in [2.24, 2.45) is 0 Å². The van der Waals surface area contributed by atoms with Gasteiger partial charge < -0.3 is 10.0 Å². The lowest BCUT2D eigenvalue weighted by molar-refractivity contribution is -0.133. The fraction of sp³-hybridized carbons (Fsp3) is 0.579. The third-order valence-electron chi connectivity index (χ3n) is 4.69. The van der Waals surface area contributed by atoms with E-state index in [1.165, 1.54) is 30.6 Å². The highest BCUT2D eigenvalue weighted by molar-refractivity contribution is 6.26. The molecule has 1 aromatic rings. The number of Topliss-reactive ketones (excluding diaryl/α,β-unsaturated/α-hetero) is 1. The van der Waals surface area contributed by atoms with Crippen LogP contribution in [0.5, 0.6) is 0 Å². The van der Waals surface area contributed by atoms with E-state index in [-0.39, 0.29) is 6.42 Å². The van der Waals surface area contributed by atoms with Crippen LogP contribution >= 0.6 is 0 Å². The van der Waals surface area contributed by atoms with Crippen LogP contribution in [0.1, 0.15) is 68.6 Å². The molecule has 1 aliphatic heterocycles. The van der Waals surface area contributed by atoms with Gasteiger partial charge in [-0.1, -0.05) is 57.6 Å². The molecular weight excluding hydrogens is 290 g/mol. The van der Waals surface area contributed by atoms with E-state index in [1.54, 1.807) is 31.3 Å². The first-order valence-electron chi connectivity index (χ1n) is 8.66. The molecule has 1 heterocycles. The number of rotatable bonds is 8. The van der Waals surface area contributed by atoms with Gasteiger partial charge >= 0.3 is 0 Å². The lowest BCUT2D eigenvalue weighted by atomic mass is 9.82. The van der Waals surface area contributed by atoms with Crippen molar-refractivity contribution < 1.29 is 14.7 Å². The van der Waals surface area contributed by atoms with Crippen LogP contribution < -0.4 is 4.90 Å². The average Bonchev–Trinajstić information content (AvgIpc) is 2.57. The van der Waals surface area contributed by atoms with Crippen LogP contribution in [0.15, 0.2) is 24.3 Å². The number of benzene rings is 1. The number of likely N-dealkylation sites (N-methyl/N-ethyl adjacent to an activating group) is 1. The summed E-state index contributed by atoms with van der Waals surface area (Å²) >= 11 is 0. The Morgan fingerprint density at radius 3 is 2.30 bits per heavy atom. The van der Waals surface area contributed by atoms with Crippen molar-refractivity contribution in [2.75, 3.05) is 11.9 Å². The van der Waals surface area contributed by atoms with E-state index in [1.807, 2.05) is 0 Å². The number of amides is 1. The van der Waals surface area contributed by atoms with Crippen molar-refractivity contribution in [3.05, 3.63) is 29.8 Å². The molecule has 1 aliphatic rings. The van der Waals surface area contributed by atoms with E-state index in [2.05, 4.69) is 6.92 Å². The van der Waals surface area contributed by atoms with Gasteiger partial charge in [0.2, 0.25) is 11.4 Å². The molecular formula is C19H27NO3. The first-order valence-corrected chi connectivity index (χ1v) is 8.66. The second-order valence-electron chi connectivity index (χ2n) is 6.44. The van der Waals surface area contributed by atoms with E-state index < -0.39 is 17.3 Å². The molecule has 1 aromatic carbocycles. The lowest BCUT2D eigenvalue weighted by Crippen LogP contribution is -2.57. The molecule has 2 rings (SSSR count). The minimum Gasteiger partial charge on any atom is -0.373 e. The fourth-order valence-electron chi connectivity index (χ4n) is 3.22. The molecule has 4 nitrogen and oxygen atoms in total. The highest BCUT2D eigenvalue weighted by Gasteiger charge is 2.50. The zero-order chi connectivity index (χ0) is 16.9. The van der Waals surface area contributed by atoms with E-state index in [9.17, 15) is 14.7 Å². The molecule has 0 aliphatic carbocycles. The van der Waals surface area contributed by atoms with Crippen molar-refractivity contribution in [3.63, 3.8) is 0 Å². The topological polar surface area (TPSA) is 57.6 Å². The van der Waals surface area contributed by atoms with Crippen molar-refractivity contribution in [1.82, 2.24) is 0 Å². The first kappa shape index (κ1) is 17.7. The van der Waals surface area contributed by atoms with Crippen LogP contribution in [0.25, 0.3) is 0 Å². The van der Waals surface area contributed by atoms with Crippen molar-refractivity contribution in [1.29, 1.82) is 0 Å². The molecule has 0 saturated heterocycles. The Bertz CT molecular complexity index is 569. The number of nitrogens with zero attached hydrogens (tertiary/aromatic N) is 1. The molecule has 23 heavy (non-hydrogen) atoms. The van der Waals surface area contributed by atoms with E-state index in [0.717, 1.165) is 12.8 Å². The summed E-state index contributed by atoms with van der Waals surface area (Å²) in [5.41, 5.74) is -0.890. The van der Waals surface area contributed by atoms with Crippen LogP contribution in [-0.2, 0) is 4.79 Å². The third kappa shape index (κ3) is 3.63. The lowest BCUT2D eigenvalue weighted by Gasteiger charge is -2.36. The highest BCUT2D eigenvalue weighted by atomic mass is 16.3. The molecule has 126 valence electrons. The maximum Gasteiger partial charge on any atom is 0.266 e. The fourth-order valence-corrected chi connectivity index (χ4v) is 3.22. The summed E-state index contributed by atoms with van der Waals surface area (Å²) in [6.45, 7) is 2.18.